The van der Waals surface area contributed by atoms with Gasteiger partial charge in [0.25, 0.3) is 0 Å². The zero-order chi connectivity index (χ0) is 15.8. The summed E-state index contributed by atoms with van der Waals surface area (Å²) in [5, 5.41) is 9.95. The van der Waals surface area contributed by atoms with E-state index in [-0.39, 0.29) is 6.54 Å². The smallest absolute Gasteiger partial charge is 0.336 e. The fourth-order valence-corrected chi connectivity index (χ4v) is 2.60. The van der Waals surface area contributed by atoms with Gasteiger partial charge in [0, 0.05) is 19.6 Å². The second-order valence-corrected chi connectivity index (χ2v) is 5.53. The average Bonchev–Trinajstić information content (AvgIpc) is 2.55. The third-order valence-corrected chi connectivity index (χ3v) is 3.72. The van der Waals surface area contributed by atoms with Crippen molar-refractivity contribution >= 4 is 5.97 Å². The van der Waals surface area contributed by atoms with Crippen molar-refractivity contribution in [1.29, 1.82) is 0 Å². The SMILES string of the molecule is COC(=O)C(O)CN(Cc1ccccc1)CC1C=CC=CC1. The Labute approximate surface area is 131 Å². The van der Waals surface area contributed by atoms with Crippen LogP contribution in [-0.2, 0) is 16.1 Å². The van der Waals surface area contributed by atoms with Crippen LogP contribution in [0, 0.1) is 5.92 Å². The van der Waals surface area contributed by atoms with Crippen molar-refractivity contribution < 1.29 is 14.6 Å². The molecule has 118 valence electrons. The summed E-state index contributed by atoms with van der Waals surface area (Å²) in [7, 11) is 1.29. The van der Waals surface area contributed by atoms with Crippen LogP contribution in [-0.4, -0.2) is 42.3 Å². The van der Waals surface area contributed by atoms with E-state index in [0.717, 1.165) is 18.5 Å². The van der Waals surface area contributed by atoms with E-state index in [1.807, 2.05) is 42.5 Å². The first kappa shape index (κ1) is 16.5. The summed E-state index contributed by atoms with van der Waals surface area (Å²) in [5.74, 6) is -0.185. The second-order valence-electron chi connectivity index (χ2n) is 5.53. The van der Waals surface area contributed by atoms with Gasteiger partial charge in [-0.2, -0.15) is 0 Å². The van der Waals surface area contributed by atoms with Gasteiger partial charge in [0.2, 0.25) is 0 Å². The third-order valence-electron chi connectivity index (χ3n) is 3.72. The van der Waals surface area contributed by atoms with Gasteiger partial charge in [-0.3, -0.25) is 4.90 Å². The second kappa shape index (κ2) is 8.51. The van der Waals surface area contributed by atoms with Crippen LogP contribution >= 0.6 is 0 Å². The van der Waals surface area contributed by atoms with Gasteiger partial charge in [-0.05, 0) is 17.9 Å². The largest absolute Gasteiger partial charge is 0.467 e. The predicted molar refractivity (Wildman–Crippen MR) is 86.1 cm³/mol. The van der Waals surface area contributed by atoms with E-state index >= 15 is 0 Å². The third kappa shape index (κ3) is 5.13. The topological polar surface area (TPSA) is 49.8 Å². The van der Waals surface area contributed by atoms with Crippen LogP contribution in [0.4, 0.5) is 0 Å². The number of carbonyl (C=O) groups excluding carboxylic acids is 1. The number of aliphatic hydroxyl groups excluding tert-OH is 1. The highest BCUT2D eigenvalue weighted by Crippen LogP contribution is 2.15. The molecule has 1 N–H and O–H groups in total. The molecule has 2 rings (SSSR count). The van der Waals surface area contributed by atoms with E-state index < -0.39 is 12.1 Å². The number of hydrogen-bond donors (Lipinski definition) is 1. The number of rotatable bonds is 7. The fourth-order valence-electron chi connectivity index (χ4n) is 2.60. The highest BCUT2D eigenvalue weighted by atomic mass is 16.5. The van der Waals surface area contributed by atoms with E-state index in [1.54, 1.807) is 0 Å². The molecule has 2 unspecified atom stereocenters. The Morgan fingerprint density at radius 2 is 2.14 bits per heavy atom. The summed E-state index contributed by atoms with van der Waals surface area (Å²) in [6.45, 7) is 1.77. The van der Waals surface area contributed by atoms with Gasteiger partial charge in [-0.15, -0.1) is 0 Å². The monoisotopic (exact) mass is 301 g/mol. The Balaban J connectivity index is 2.00. The molecule has 0 spiro atoms. The fraction of sp³-hybridized carbons (Fsp3) is 0.389. The summed E-state index contributed by atoms with van der Waals surface area (Å²) >= 11 is 0. The summed E-state index contributed by atoms with van der Waals surface area (Å²) < 4.78 is 4.61. The van der Waals surface area contributed by atoms with Gasteiger partial charge in [0.05, 0.1) is 7.11 Å². The molecule has 1 aliphatic carbocycles. The van der Waals surface area contributed by atoms with Crippen LogP contribution in [0.15, 0.2) is 54.6 Å². The Kier molecular flexibility index (Phi) is 6.37. The summed E-state index contributed by atoms with van der Waals surface area (Å²) in [5.41, 5.74) is 1.16. The minimum Gasteiger partial charge on any atom is -0.467 e. The first-order valence-corrected chi connectivity index (χ1v) is 7.54. The van der Waals surface area contributed by atoms with E-state index in [1.165, 1.54) is 7.11 Å². The lowest BCUT2D eigenvalue weighted by molar-refractivity contribution is -0.151. The molecule has 0 aliphatic heterocycles. The molecule has 0 saturated carbocycles. The summed E-state index contributed by atoms with van der Waals surface area (Å²) in [6.07, 6.45) is 8.27. The quantitative estimate of drug-likeness (QED) is 0.784. The minimum absolute atomic E-state index is 0.273. The maximum Gasteiger partial charge on any atom is 0.336 e. The van der Waals surface area contributed by atoms with Crippen LogP contribution in [0.2, 0.25) is 0 Å². The molecule has 22 heavy (non-hydrogen) atoms. The molecular weight excluding hydrogens is 278 g/mol. The first-order valence-electron chi connectivity index (χ1n) is 7.54. The zero-order valence-electron chi connectivity index (χ0n) is 12.9. The average molecular weight is 301 g/mol. The number of allylic oxidation sites excluding steroid dienone is 3. The Morgan fingerprint density at radius 3 is 2.77 bits per heavy atom. The van der Waals surface area contributed by atoms with E-state index in [2.05, 4.69) is 21.8 Å². The molecule has 0 radical (unpaired) electrons. The van der Waals surface area contributed by atoms with Crippen molar-refractivity contribution in [2.45, 2.75) is 19.1 Å². The van der Waals surface area contributed by atoms with Gasteiger partial charge < -0.3 is 9.84 Å². The van der Waals surface area contributed by atoms with E-state index in [9.17, 15) is 9.90 Å². The number of benzene rings is 1. The van der Waals surface area contributed by atoms with Crippen molar-refractivity contribution in [3.63, 3.8) is 0 Å². The van der Waals surface area contributed by atoms with Gasteiger partial charge in [-0.25, -0.2) is 4.79 Å². The molecule has 0 saturated heterocycles. The molecule has 4 nitrogen and oxygen atoms in total. The van der Waals surface area contributed by atoms with Crippen molar-refractivity contribution in [2.75, 3.05) is 20.2 Å². The first-order chi connectivity index (χ1) is 10.7. The number of methoxy groups -OCH3 is 1. The number of carbonyl (C=O) groups is 1. The maximum atomic E-state index is 11.5. The van der Waals surface area contributed by atoms with Gasteiger partial charge in [0.15, 0.2) is 6.10 Å². The van der Waals surface area contributed by atoms with Gasteiger partial charge in [0.1, 0.15) is 0 Å². The Hall–Kier alpha value is -1.91. The standard InChI is InChI=1S/C18H23NO3/c1-22-18(21)17(20)14-19(12-15-8-4-2-5-9-15)13-16-10-6-3-7-11-16/h2-10,16-17,20H,11-14H2,1H3. The van der Waals surface area contributed by atoms with Crippen molar-refractivity contribution in [3.8, 4) is 0 Å². The lowest BCUT2D eigenvalue weighted by atomic mass is 10.00. The number of aliphatic hydroxyl groups is 1. The maximum absolute atomic E-state index is 11.5. The van der Waals surface area contributed by atoms with Crippen LogP contribution in [0.25, 0.3) is 0 Å². The van der Waals surface area contributed by atoms with Crippen molar-refractivity contribution in [3.05, 3.63) is 60.2 Å². The van der Waals surface area contributed by atoms with Crippen LogP contribution in [0.3, 0.4) is 0 Å². The summed E-state index contributed by atoms with van der Waals surface area (Å²) in [4.78, 5) is 13.6. The summed E-state index contributed by atoms with van der Waals surface area (Å²) in [6, 6.07) is 10.1. The lowest BCUT2D eigenvalue weighted by Gasteiger charge is -2.27. The molecule has 4 heteroatoms. The van der Waals surface area contributed by atoms with Gasteiger partial charge >= 0.3 is 5.97 Å². The highest BCUT2D eigenvalue weighted by molar-refractivity contribution is 5.74. The highest BCUT2D eigenvalue weighted by Gasteiger charge is 2.21. The molecule has 1 aromatic carbocycles. The van der Waals surface area contributed by atoms with Crippen molar-refractivity contribution in [1.82, 2.24) is 4.90 Å². The zero-order valence-corrected chi connectivity index (χ0v) is 12.9. The Bertz CT molecular complexity index is 524. The molecule has 0 fully saturated rings. The number of esters is 1. The minimum atomic E-state index is -1.11. The predicted octanol–water partition coefficient (Wildman–Crippen LogP) is 2.15. The lowest BCUT2D eigenvalue weighted by Crippen LogP contribution is -2.39. The Morgan fingerprint density at radius 1 is 1.36 bits per heavy atom. The molecule has 0 aromatic heterocycles. The number of ether oxygens (including phenoxy) is 1. The molecule has 0 heterocycles. The van der Waals surface area contributed by atoms with Crippen LogP contribution in [0.1, 0.15) is 12.0 Å². The molecular formula is C18H23NO3. The van der Waals surface area contributed by atoms with Crippen LogP contribution in [0.5, 0.6) is 0 Å². The molecule has 1 aliphatic rings. The van der Waals surface area contributed by atoms with Crippen LogP contribution < -0.4 is 0 Å². The van der Waals surface area contributed by atoms with E-state index in [0.29, 0.717) is 12.5 Å². The van der Waals surface area contributed by atoms with Crippen molar-refractivity contribution in [2.24, 2.45) is 5.92 Å². The molecule has 0 amide bonds. The normalized spacial score (nSPS) is 18.4. The van der Waals surface area contributed by atoms with Gasteiger partial charge in [-0.1, -0.05) is 54.6 Å². The molecule has 0 bridgehead atoms. The van der Waals surface area contributed by atoms with E-state index in [4.69, 9.17) is 0 Å². The molecule has 2 atom stereocenters. The number of nitrogens with zero attached hydrogens (tertiary/aromatic N) is 1. The number of hydrogen-bond acceptors (Lipinski definition) is 4. The molecule has 1 aromatic rings.